The largest absolute Gasteiger partial charge is 0.483 e. The summed E-state index contributed by atoms with van der Waals surface area (Å²) in [5, 5.41) is 0. The number of hydrogen-bond donors (Lipinski definition) is 1. The Bertz CT molecular complexity index is 1100. The molecule has 1 atom stereocenters. The Morgan fingerprint density at radius 3 is 2.40 bits per heavy atom. The van der Waals surface area contributed by atoms with Gasteiger partial charge in [-0.3, -0.25) is 9.69 Å². The predicted molar refractivity (Wildman–Crippen MR) is 114 cm³/mol. The third kappa shape index (κ3) is 2.29. The van der Waals surface area contributed by atoms with Gasteiger partial charge in [0.05, 0.1) is 6.57 Å². The van der Waals surface area contributed by atoms with Crippen molar-refractivity contribution in [2.24, 2.45) is 10.7 Å². The molecule has 2 aromatic rings. The summed E-state index contributed by atoms with van der Waals surface area (Å²) in [6.07, 6.45) is 2.90. The molecule has 0 radical (unpaired) electrons. The predicted octanol–water partition coefficient (Wildman–Crippen LogP) is 3.71. The summed E-state index contributed by atoms with van der Waals surface area (Å²) >= 11 is 0. The quantitative estimate of drug-likeness (QED) is 0.742. The van der Waals surface area contributed by atoms with E-state index in [0.29, 0.717) is 29.8 Å². The molecule has 6 nitrogen and oxygen atoms in total. The van der Waals surface area contributed by atoms with Gasteiger partial charge in [-0.2, -0.15) is 0 Å². The Balaban J connectivity index is 1.71. The molecule has 0 saturated carbocycles. The first-order valence-corrected chi connectivity index (χ1v) is 10.4. The highest BCUT2D eigenvalue weighted by molar-refractivity contribution is 6.09. The molecule has 2 N–H and O–H groups in total. The van der Waals surface area contributed by atoms with Gasteiger partial charge in [0.15, 0.2) is 11.6 Å². The van der Waals surface area contributed by atoms with Crippen molar-refractivity contribution < 1.29 is 9.53 Å². The van der Waals surface area contributed by atoms with E-state index in [1.54, 1.807) is 23.1 Å². The van der Waals surface area contributed by atoms with Gasteiger partial charge in [-0.15, -0.1) is 0 Å². The Morgan fingerprint density at radius 1 is 1.17 bits per heavy atom. The lowest BCUT2D eigenvalue weighted by molar-refractivity contribution is -0.140. The number of nitrogens with zero attached hydrogens (tertiary/aromatic N) is 3. The molecule has 5 rings (SSSR count). The van der Waals surface area contributed by atoms with Gasteiger partial charge in [-0.1, -0.05) is 30.3 Å². The molecule has 2 spiro atoms. The van der Waals surface area contributed by atoms with Crippen molar-refractivity contribution in [3.63, 3.8) is 0 Å². The first kappa shape index (κ1) is 18.7. The molecule has 0 bridgehead atoms. The fourth-order valence-electron chi connectivity index (χ4n) is 5.32. The van der Waals surface area contributed by atoms with Crippen LogP contribution in [0, 0.1) is 6.57 Å². The number of guanidine groups is 1. The molecule has 0 aromatic heterocycles. The van der Waals surface area contributed by atoms with Crippen LogP contribution in [0.2, 0.25) is 0 Å². The van der Waals surface area contributed by atoms with Crippen LogP contribution in [0.4, 0.5) is 5.69 Å². The van der Waals surface area contributed by atoms with Gasteiger partial charge < -0.3 is 10.5 Å². The molecular weight excluding hydrogens is 376 g/mol. The highest BCUT2D eigenvalue weighted by Crippen LogP contribution is 2.58. The number of benzene rings is 2. The Labute approximate surface area is 176 Å². The summed E-state index contributed by atoms with van der Waals surface area (Å²) in [5.41, 5.74) is 7.93. The summed E-state index contributed by atoms with van der Waals surface area (Å²) in [4.78, 5) is 24.0. The smallest absolute Gasteiger partial charge is 0.266 e. The molecule has 2 aliphatic heterocycles. The summed E-state index contributed by atoms with van der Waals surface area (Å²) in [7, 11) is 0. The minimum absolute atomic E-state index is 0.117. The van der Waals surface area contributed by atoms with Crippen LogP contribution in [0.3, 0.4) is 0 Å². The molecule has 2 aromatic carbocycles. The van der Waals surface area contributed by atoms with Crippen molar-refractivity contribution in [1.82, 2.24) is 4.90 Å². The highest BCUT2D eigenvalue weighted by atomic mass is 16.5. The van der Waals surface area contributed by atoms with Gasteiger partial charge in [-0.25, -0.2) is 9.84 Å². The van der Waals surface area contributed by atoms with Crippen LogP contribution < -0.4 is 10.5 Å². The maximum Gasteiger partial charge on any atom is 0.266 e. The first-order valence-electron chi connectivity index (χ1n) is 10.4. The fraction of sp³-hybridized carbons (Fsp3) is 0.375. The monoisotopic (exact) mass is 400 g/mol. The summed E-state index contributed by atoms with van der Waals surface area (Å²) in [6, 6.07) is 13.6. The Hall–Kier alpha value is -3.33. The zero-order valence-corrected chi connectivity index (χ0v) is 17.2. The van der Waals surface area contributed by atoms with Gasteiger partial charge in [0.1, 0.15) is 11.4 Å². The van der Waals surface area contributed by atoms with E-state index in [4.69, 9.17) is 22.0 Å². The maximum absolute atomic E-state index is 14.0. The highest BCUT2D eigenvalue weighted by Gasteiger charge is 2.68. The molecular formula is C24H24N4O2. The number of aliphatic imine (C=N–C) groups is 1. The number of rotatable bonds is 1. The second-order valence-electron chi connectivity index (χ2n) is 8.61. The Morgan fingerprint density at radius 2 is 1.83 bits per heavy atom. The molecule has 3 aliphatic rings. The molecule has 1 aliphatic carbocycles. The van der Waals surface area contributed by atoms with Crippen LogP contribution in [-0.4, -0.2) is 28.4 Å². The molecule has 0 fully saturated rings. The molecule has 0 saturated heterocycles. The van der Waals surface area contributed by atoms with Gasteiger partial charge in [0, 0.05) is 11.6 Å². The first-order chi connectivity index (χ1) is 14.4. The van der Waals surface area contributed by atoms with Crippen LogP contribution >= 0.6 is 0 Å². The lowest BCUT2D eigenvalue weighted by atomic mass is 9.71. The molecule has 2 heterocycles. The summed E-state index contributed by atoms with van der Waals surface area (Å²) in [6.45, 7) is 11.3. The van der Waals surface area contributed by atoms with Gasteiger partial charge in [0.2, 0.25) is 5.54 Å². The van der Waals surface area contributed by atoms with Gasteiger partial charge in [-0.05, 0) is 62.8 Å². The number of carbonyl (C=O) groups excluding carboxylic acids is 1. The lowest BCUT2D eigenvalue weighted by Gasteiger charge is -2.39. The van der Waals surface area contributed by atoms with Crippen LogP contribution in [0.5, 0.6) is 5.75 Å². The van der Waals surface area contributed by atoms with E-state index in [2.05, 4.69) is 29.1 Å². The van der Waals surface area contributed by atoms with Crippen LogP contribution in [0.25, 0.3) is 4.85 Å². The second kappa shape index (κ2) is 6.33. The van der Waals surface area contributed by atoms with E-state index >= 15 is 0 Å². The van der Waals surface area contributed by atoms with Crippen LogP contribution in [0.1, 0.15) is 43.4 Å². The minimum Gasteiger partial charge on any atom is -0.483 e. The number of hydrogen-bond acceptors (Lipinski definition) is 4. The van der Waals surface area contributed by atoms with Crippen LogP contribution in [-0.2, 0) is 23.2 Å². The number of fused-ring (bicyclic) bond motifs is 4. The van der Waals surface area contributed by atoms with E-state index < -0.39 is 11.1 Å². The van der Waals surface area contributed by atoms with Crippen molar-refractivity contribution >= 4 is 17.6 Å². The standard InChI is InChI=1S/C24H24N4O2/c1-15(2)28-21(29)24(27-22(28)25)19-14-18(26-3)8-9-20(19)30-23(24)12-10-16-6-4-5-7-17(16)11-13-23/h4-9,14-15H,10-13H2,1-2H3,(H2,25,27). The third-order valence-corrected chi connectivity index (χ3v) is 6.74. The van der Waals surface area contributed by atoms with Gasteiger partial charge >= 0.3 is 0 Å². The summed E-state index contributed by atoms with van der Waals surface area (Å²) in [5.74, 6) is 0.700. The van der Waals surface area contributed by atoms with E-state index in [9.17, 15) is 4.79 Å². The van der Waals surface area contributed by atoms with E-state index in [-0.39, 0.29) is 17.9 Å². The summed E-state index contributed by atoms with van der Waals surface area (Å²) < 4.78 is 6.62. The number of aryl methyl sites for hydroxylation is 2. The normalized spacial score (nSPS) is 23.7. The van der Waals surface area contributed by atoms with Crippen molar-refractivity contribution in [1.29, 1.82) is 0 Å². The molecule has 6 heteroatoms. The molecule has 152 valence electrons. The van der Waals surface area contributed by atoms with Crippen molar-refractivity contribution in [2.45, 2.75) is 56.7 Å². The van der Waals surface area contributed by atoms with Crippen molar-refractivity contribution in [2.75, 3.05) is 0 Å². The number of nitrogens with two attached hydrogens (primary N) is 1. The Kier molecular flexibility index (Phi) is 3.94. The second-order valence-corrected chi connectivity index (χ2v) is 8.61. The third-order valence-electron chi connectivity index (χ3n) is 6.74. The number of ether oxygens (including phenoxy) is 1. The van der Waals surface area contributed by atoms with E-state index in [1.165, 1.54) is 11.1 Å². The lowest BCUT2D eigenvalue weighted by Crippen LogP contribution is -2.57. The van der Waals surface area contributed by atoms with E-state index in [0.717, 1.165) is 12.8 Å². The molecule has 1 unspecified atom stereocenters. The minimum atomic E-state index is -1.25. The molecule has 30 heavy (non-hydrogen) atoms. The zero-order chi connectivity index (χ0) is 21.1. The topological polar surface area (TPSA) is 72.3 Å². The fourth-order valence-corrected chi connectivity index (χ4v) is 5.32. The number of carbonyl (C=O) groups is 1. The van der Waals surface area contributed by atoms with Crippen LogP contribution in [0.15, 0.2) is 47.5 Å². The van der Waals surface area contributed by atoms with E-state index in [1.807, 2.05) is 13.8 Å². The SMILES string of the molecule is [C-]#[N+]c1ccc2c(c1)C1(N=C(N)N(C(C)C)C1=O)C1(CCc3ccccc3CC1)O2. The van der Waals surface area contributed by atoms with Crippen molar-refractivity contribution in [3.8, 4) is 5.75 Å². The average molecular weight is 400 g/mol. The zero-order valence-electron chi connectivity index (χ0n) is 17.2. The maximum atomic E-state index is 14.0. The molecule has 1 amide bonds. The van der Waals surface area contributed by atoms with Gasteiger partial charge in [0.25, 0.3) is 5.91 Å². The average Bonchev–Trinajstić information content (AvgIpc) is 3.07. The number of amides is 1. The van der Waals surface area contributed by atoms with Crippen molar-refractivity contribution in [3.05, 3.63) is 70.6 Å².